The standard InChI is InChI=1S/C59H40N4/c1-3-18-42-43-21-9-15-30-54(43)62(50(42)4-2)57-32-17-26-48-46-24-10-14-29-53(46)61(59(48)57)40-35-38-19-5-6-20-41(38)58(37-40)63-55-31-16-11-25-47(55)49-36-39(33-34-56(49)63)60-51-27-12-7-22-44(51)45-23-8-13-28-52(45)60/h3-37H,2H2,1H3/b18-3-. The Morgan fingerprint density at radius 2 is 0.873 bits per heavy atom. The number of fused-ring (bicyclic) bond motifs is 11. The quantitative estimate of drug-likeness (QED) is 0.160. The van der Waals surface area contributed by atoms with Crippen molar-refractivity contribution in [1.82, 2.24) is 18.3 Å². The van der Waals surface area contributed by atoms with Gasteiger partial charge in [0.05, 0.1) is 55.7 Å². The van der Waals surface area contributed by atoms with Crippen LogP contribution in [0.2, 0.25) is 0 Å². The van der Waals surface area contributed by atoms with Crippen LogP contribution in [0.1, 0.15) is 18.2 Å². The fourth-order valence-electron chi connectivity index (χ4n) is 10.7. The monoisotopic (exact) mass is 804 g/mol. The van der Waals surface area contributed by atoms with Gasteiger partial charge in [-0.2, -0.15) is 0 Å². The smallest absolute Gasteiger partial charge is 0.0782 e. The fourth-order valence-corrected chi connectivity index (χ4v) is 10.7. The molecule has 0 N–H and O–H groups in total. The molecule has 0 fully saturated rings. The number of nitrogens with zero attached hydrogens (tertiary/aromatic N) is 4. The molecule has 0 aliphatic carbocycles. The summed E-state index contributed by atoms with van der Waals surface area (Å²) in [5, 5.41) is 10.9. The van der Waals surface area contributed by atoms with E-state index in [1.54, 1.807) is 0 Å². The van der Waals surface area contributed by atoms with Crippen molar-refractivity contribution in [1.29, 1.82) is 0 Å². The van der Waals surface area contributed by atoms with Gasteiger partial charge in [0.2, 0.25) is 0 Å². The van der Waals surface area contributed by atoms with Gasteiger partial charge in [0.1, 0.15) is 0 Å². The van der Waals surface area contributed by atoms with E-state index in [0.29, 0.717) is 0 Å². The Morgan fingerprint density at radius 3 is 1.52 bits per heavy atom. The molecule has 0 radical (unpaired) electrons. The van der Waals surface area contributed by atoms with Crippen molar-refractivity contribution < 1.29 is 0 Å². The van der Waals surface area contributed by atoms with Crippen LogP contribution in [0.5, 0.6) is 0 Å². The minimum absolute atomic E-state index is 1.07. The fraction of sp³-hybridized carbons (Fsp3) is 0.0169. The Morgan fingerprint density at radius 1 is 0.365 bits per heavy atom. The van der Waals surface area contributed by atoms with E-state index in [9.17, 15) is 0 Å². The summed E-state index contributed by atoms with van der Waals surface area (Å²) in [6.45, 7) is 6.44. The predicted octanol–water partition coefficient (Wildman–Crippen LogP) is 15.8. The van der Waals surface area contributed by atoms with Crippen molar-refractivity contribution in [2.24, 2.45) is 0 Å². The lowest BCUT2D eigenvalue weighted by Gasteiger charge is -2.18. The van der Waals surface area contributed by atoms with E-state index in [0.717, 1.165) is 50.5 Å². The summed E-state index contributed by atoms with van der Waals surface area (Å²) in [4.78, 5) is 0. The van der Waals surface area contributed by atoms with E-state index in [4.69, 9.17) is 0 Å². The first-order valence-electron chi connectivity index (χ1n) is 21.7. The molecule has 9 aromatic carbocycles. The van der Waals surface area contributed by atoms with E-state index >= 15 is 0 Å². The highest BCUT2D eigenvalue weighted by Gasteiger charge is 2.23. The Bertz CT molecular complexity index is 4010. The second-order valence-electron chi connectivity index (χ2n) is 16.5. The largest absolute Gasteiger partial charge is 0.309 e. The number of rotatable bonds is 6. The lowest BCUT2D eigenvalue weighted by atomic mass is 10.1. The molecule has 0 aliphatic rings. The Hall–Kier alpha value is -8.34. The van der Waals surface area contributed by atoms with Gasteiger partial charge in [0.15, 0.2) is 0 Å². The maximum Gasteiger partial charge on any atom is 0.0782 e. The third-order valence-corrected chi connectivity index (χ3v) is 13.2. The third-order valence-electron chi connectivity index (χ3n) is 13.2. The topological polar surface area (TPSA) is 19.7 Å². The van der Waals surface area contributed by atoms with Crippen molar-refractivity contribution >= 4 is 99.2 Å². The first-order chi connectivity index (χ1) is 31.2. The minimum Gasteiger partial charge on any atom is -0.309 e. The van der Waals surface area contributed by atoms with Gasteiger partial charge in [0.25, 0.3) is 0 Å². The SMILES string of the molecule is C=Cc1c(/C=C\C)c2ccccc2n1-c1cccc2c3ccccc3n(-c3cc(-n4c5ccccc5c5cc(-n6c7ccccc7c7ccccc76)ccc54)c4ccccc4c3)c12. The second kappa shape index (κ2) is 13.6. The van der Waals surface area contributed by atoms with Gasteiger partial charge in [-0.1, -0.05) is 146 Å². The van der Waals surface area contributed by atoms with Crippen LogP contribution in [0.15, 0.2) is 207 Å². The lowest BCUT2D eigenvalue weighted by Crippen LogP contribution is -2.04. The normalized spacial score (nSPS) is 12.2. The first-order valence-corrected chi connectivity index (χ1v) is 21.7. The summed E-state index contributed by atoms with van der Waals surface area (Å²) < 4.78 is 9.79. The number of aromatic nitrogens is 4. The van der Waals surface area contributed by atoms with E-state index in [1.165, 1.54) is 70.6 Å². The summed E-state index contributed by atoms with van der Waals surface area (Å²) in [5.41, 5.74) is 14.9. The Kier molecular flexibility index (Phi) is 7.64. The zero-order valence-electron chi connectivity index (χ0n) is 34.7. The maximum atomic E-state index is 4.36. The molecule has 0 unspecified atom stereocenters. The zero-order chi connectivity index (χ0) is 41.8. The summed E-state index contributed by atoms with van der Waals surface area (Å²) >= 11 is 0. The van der Waals surface area contributed by atoms with Crippen LogP contribution in [-0.2, 0) is 0 Å². The highest BCUT2D eigenvalue weighted by atomic mass is 15.1. The van der Waals surface area contributed by atoms with Crippen molar-refractivity contribution in [3.05, 3.63) is 218 Å². The van der Waals surface area contributed by atoms with Crippen LogP contribution in [0.3, 0.4) is 0 Å². The maximum absolute atomic E-state index is 4.36. The summed E-state index contributed by atoms with van der Waals surface area (Å²) in [7, 11) is 0. The van der Waals surface area contributed by atoms with Gasteiger partial charge in [-0.15, -0.1) is 0 Å². The van der Waals surface area contributed by atoms with E-state index in [-0.39, 0.29) is 0 Å². The van der Waals surface area contributed by atoms with Crippen molar-refractivity contribution in [2.75, 3.05) is 0 Å². The average molecular weight is 805 g/mol. The molecule has 0 spiro atoms. The summed E-state index contributed by atoms with van der Waals surface area (Å²) in [6, 6.07) is 71.2. The van der Waals surface area contributed by atoms with Crippen LogP contribution in [0.4, 0.5) is 0 Å². The Labute approximate surface area is 363 Å². The number of para-hydroxylation sites is 6. The van der Waals surface area contributed by atoms with Crippen LogP contribution in [0, 0.1) is 0 Å². The molecule has 63 heavy (non-hydrogen) atoms. The number of hydrogen-bond donors (Lipinski definition) is 0. The number of hydrogen-bond acceptors (Lipinski definition) is 0. The van der Waals surface area contributed by atoms with E-state index < -0.39 is 0 Å². The molecule has 4 nitrogen and oxygen atoms in total. The highest BCUT2D eigenvalue weighted by Crippen LogP contribution is 2.43. The zero-order valence-corrected chi connectivity index (χ0v) is 34.7. The van der Waals surface area contributed by atoms with Crippen molar-refractivity contribution in [3.63, 3.8) is 0 Å². The molecule has 13 rings (SSSR count). The minimum atomic E-state index is 1.07. The molecule has 13 aromatic rings. The average Bonchev–Trinajstić information content (AvgIpc) is 4.06. The molecule has 0 atom stereocenters. The van der Waals surface area contributed by atoms with Crippen LogP contribution < -0.4 is 0 Å². The van der Waals surface area contributed by atoms with E-state index in [1.807, 2.05) is 6.08 Å². The molecule has 4 aromatic heterocycles. The first kappa shape index (κ1) is 35.4. The van der Waals surface area contributed by atoms with Crippen LogP contribution >= 0.6 is 0 Å². The van der Waals surface area contributed by atoms with Gasteiger partial charge in [-0.05, 0) is 85.1 Å². The highest BCUT2D eigenvalue weighted by molar-refractivity contribution is 6.15. The number of benzene rings is 9. The van der Waals surface area contributed by atoms with E-state index in [2.05, 4.69) is 238 Å². The van der Waals surface area contributed by atoms with Crippen molar-refractivity contribution in [3.8, 4) is 22.7 Å². The molecule has 4 heteroatoms. The molecular weight excluding hydrogens is 765 g/mol. The molecule has 296 valence electrons. The van der Waals surface area contributed by atoms with Crippen LogP contribution in [-0.4, -0.2) is 18.3 Å². The molecule has 0 saturated carbocycles. The molecule has 0 bridgehead atoms. The number of allylic oxidation sites excluding steroid dienone is 1. The third kappa shape index (κ3) is 4.98. The van der Waals surface area contributed by atoms with Gasteiger partial charge >= 0.3 is 0 Å². The van der Waals surface area contributed by atoms with Gasteiger partial charge < -0.3 is 18.3 Å². The van der Waals surface area contributed by atoms with Crippen LogP contribution in [0.25, 0.3) is 122 Å². The summed E-state index contributed by atoms with van der Waals surface area (Å²) in [5.74, 6) is 0. The molecule has 0 amide bonds. The Balaban J connectivity index is 1.11. The van der Waals surface area contributed by atoms with Gasteiger partial charge in [-0.3, -0.25) is 0 Å². The molecule has 4 heterocycles. The lowest BCUT2D eigenvalue weighted by molar-refractivity contribution is 1.08. The van der Waals surface area contributed by atoms with Gasteiger partial charge in [0, 0.05) is 60.0 Å². The predicted molar refractivity (Wildman–Crippen MR) is 269 cm³/mol. The van der Waals surface area contributed by atoms with Gasteiger partial charge in [-0.25, -0.2) is 0 Å². The van der Waals surface area contributed by atoms with Crippen molar-refractivity contribution in [2.45, 2.75) is 6.92 Å². The molecular formula is C59H40N4. The second-order valence-corrected chi connectivity index (χ2v) is 16.5. The molecule has 0 aliphatic heterocycles. The molecule has 0 saturated heterocycles. The summed E-state index contributed by atoms with van der Waals surface area (Å²) in [6.07, 6.45) is 6.33.